The molecule has 0 aliphatic heterocycles. The van der Waals surface area contributed by atoms with Gasteiger partial charge in [-0.1, -0.05) is 51.0 Å². The van der Waals surface area contributed by atoms with E-state index in [1.54, 1.807) is 0 Å². The average Bonchev–Trinajstić information content (AvgIpc) is 2.56. The normalized spacial score (nSPS) is 26.1. The Morgan fingerprint density at radius 2 is 1.31 bits per heavy atom. The van der Waals surface area contributed by atoms with Gasteiger partial charge in [-0.15, -0.1) is 0 Å². The Hall–Kier alpha value is -1.96. The van der Waals surface area contributed by atoms with Crippen molar-refractivity contribution in [2.45, 2.75) is 72.1 Å². The number of rotatable bonds is 2. The van der Waals surface area contributed by atoms with Crippen LogP contribution in [0.4, 0.5) is 0 Å². The zero-order valence-corrected chi connectivity index (χ0v) is 17.0. The van der Waals surface area contributed by atoms with E-state index in [-0.39, 0.29) is 5.41 Å². The molecule has 1 saturated carbocycles. The highest BCUT2D eigenvalue weighted by molar-refractivity contribution is 5.49. The smallest absolute Gasteiger partial charge is 0.121 e. The average molecular weight is 353 g/mol. The van der Waals surface area contributed by atoms with Crippen molar-refractivity contribution in [3.05, 3.63) is 57.6 Å². The van der Waals surface area contributed by atoms with E-state index in [0.717, 1.165) is 28.7 Å². The van der Waals surface area contributed by atoms with E-state index >= 15 is 0 Å². The first-order chi connectivity index (χ1) is 12.1. The molecule has 3 rings (SSSR count). The Balaban J connectivity index is 2.18. The minimum absolute atomic E-state index is 0.0245. The number of hydrogen-bond acceptors (Lipinski definition) is 2. The number of phenolic OH excluding ortho intramolecular Hbond substituents is 2. The summed E-state index contributed by atoms with van der Waals surface area (Å²) in [6, 6.07) is 8.70. The van der Waals surface area contributed by atoms with E-state index in [0.29, 0.717) is 23.3 Å². The van der Waals surface area contributed by atoms with Crippen LogP contribution in [0, 0.1) is 33.6 Å². The molecule has 140 valence electrons. The van der Waals surface area contributed by atoms with Crippen molar-refractivity contribution in [3.63, 3.8) is 0 Å². The van der Waals surface area contributed by atoms with E-state index in [2.05, 4.69) is 38.1 Å². The molecule has 0 saturated heterocycles. The number of aromatic hydroxyl groups is 2. The molecule has 0 bridgehead atoms. The third kappa shape index (κ3) is 3.00. The van der Waals surface area contributed by atoms with Crippen LogP contribution in [-0.2, 0) is 5.41 Å². The van der Waals surface area contributed by atoms with Crippen LogP contribution in [0.5, 0.6) is 11.5 Å². The van der Waals surface area contributed by atoms with E-state index in [4.69, 9.17) is 0 Å². The van der Waals surface area contributed by atoms with Gasteiger partial charge in [-0.25, -0.2) is 0 Å². The van der Waals surface area contributed by atoms with E-state index in [9.17, 15) is 10.2 Å². The largest absolute Gasteiger partial charge is 0.507 e. The molecule has 0 aromatic heterocycles. The summed E-state index contributed by atoms with van der Waals surface area (Å²) >= 11 is 0. The van der Waals surface area contributed by atoms with Gasteiger partial charge < -0.3 is 10.2 Å². The molecule has 3 atom stereocenters. The number of hydrogen-bond donors (Lipinski definition) is 2. The van der Waals surface area contributed by atoms with Crippen LogP contribution in [-0.4, -0.2) is 10.2 Å². The van der Waals surface area contributed by atoms with Gasteiger partial charge in [-0.2, -0.15) is 0 Å². The lowest BCUT2D eigenvalue weighted by molar-refractivity contribution is 0.203. The zero-order valence-electron chi connectivity index (χ0n) is 17.0. The van der Waals surface area contributed by atoms with Crippen LogP contribution >= 0.6 is 0 Å². The summed E-state index contributed by atoms with van der Waals surface area (Å²) < 4.78 is 0. The molecule has 2 heteroatoms. The molecule has 0 radical (unpaired) electrons. The Morgan fingerprint density at radius 1 is 0.846 bits per heavy atom. The second-order valence-corrected chi connectivity index (χ2v) is 8.73. The summed E-state index contributed by atoms with van der Waals surface area (Å²) in [6.45, 7) is 12.7. The molecular formula is C24H32O2. The van der Waals surface area contributed by atoms with Gasteiger partial charge in [-0.05, 0) is 84.7 Å². The fourth-order valence-corrected chi connectivity index (χ4v) is 5.22. The van der Waals surface area contributed by atoms with Crippen molar-refractivity contribution in [2.24, 2.45) is 5.92 Å². The molecular weight excluding hydrogens is 320 g/mol. The Kier molecular flexibility index (Phi) is 4.81. The first kappa shape index (κ1) is 18.8. The molecule has 1 aliphatic carbocycles. The molecule has 1 fully saturated rings. The van der Waals surface area contributed by atoms with E-state index in [1.807, 2.05) is 27.7 Å². The van der Waals surface area contributed by atoms with Crippen molar-refractivity contribution >= 4 is 0 Å². The summed E-state index contributed by atoms with van der Waals surface area (Å²) in [7, 11) is 0. The first-order valence-corrected chi connectivity index (χ1v) is 9.76. The fourth-order valence-electron chi connectivity index (χ4n) is 5.22. The van der Waals surface area contributed by atoms with Gasteiger partial charge in [0.2, 0.25) is 0 Å². The van der Waals surface area contributed by atoms with Crippen molar-refractivity contribution in [1.29, 1.82) is 0 Å². The lowest BCUT2D eigenvalue weighted by Gasteiger charge is -2.46. The number of phenols is 2. The minimum Gasteiger partial charge on any atom is -0.507 e. The van der Waals surface area contributed by atoms with Gasteiger partial charge in [0.1, 0.15) is 11.5 Å². The van der Waals surface area contributed by atoms with Gasteiger partial charge >= 0.3 is 0 Å². The van der Waals surface area contributed by atoms with E-state index in [1.165, 1.54) is 24.0 Å². The van der Waals surface area contributed by atoms with Gasteiger partial charge in [0.05, 0.1) is 0 Å². The van der Waals surface area contributed by atoms with Gasteiger partial charge in [0, 0.05) is 0 Å². The molecule has 0 heterocycles. The maximum absolute atomic E-state index is 10.2. The van der Waals surface area contributed by atoms with Crippen LogP contribution in [0.3, 0.4) is 0 Å². The summed E-state index contributed by atoms with van der Waals surface area (Å²) in [5.41, 5.74) is 6.50. The third-order valence-electron chi connectivity index (χ3n) is 6.63. The fraction of sp³-hybridized carbons (Fsp3) is 0.500. The molecule has 1 aliphatic rings. The monoisotopic (exact) mass is 352 g/mol. The van der Waals surface area contributed by atoms with Gasteiger partial charge in [0.25, 0.3) is 0 Å². The number of aryl methyl sites for hydroxylation is 4. The highest BCUT2D eigenvalue weighted by Gasteiger charge is 2.43. The molecule has 2 aromatic carbocycles. The summed E-state index contributed by atoms with van der Waals surface area (Å²) in [6.07, 6.45) is 3.60. The van der Waals surface area contributed by atoms with Crippen molar-refractivity contribution in [1.82, 2.24) is 0 Å². The lowest BCUT2D eigenvalue weighted by Crippen LogP contribution is -2.38. The highest BCUT2D eigenvalue weighted by atomic mass is 16.3. The highest BCUT2D eigenvalue weighted by Crippen LogP contribution is 2.53. The Morgan fingerprint density at radius 3 is 1.81 bits per heavy atom. The summed E-state index contributed by atoms with van der Waals surface area (Å²) in [4.78, 5) is 0. The van der Waals surface area contributed by atoms with Crippen LogP contribution in [0.25, 0.3) is 0 Å². The minimum atomic E-state index is 0.0245. The van der Waals surface area contributed by atoms with Crippen LogP contribution in [0.1, 0.15) is 72.4 Å². The number of benzene rings is 2. The summed E-state index contributed by atoms with van der Waals surface area (Å²) in [5.74, 6) is 1.80. The van der Waals surface area contributed by atoms with Crippen molar-refractivity contribution < 1.29 is 10.2 Å². The summed E-state index contributed by atoms with van der Waals surface area (Å²) in [5, 5.41) is 20.4. The standard InChI is InChI=1S/C24H32O2/c1-14-8-7-9-24(6,20-12-17(4)23(26)18(5)13-20)21(14)19-10-15(2)22(25)16(3)11-19/h10-14,21,25-26H,7-9H2,1-6H3. The quantitative estimate of drug-likeness (QED) is 0.676. The molecule has 3 unspecified atom stereocenters. The second kappa shape index (κ2) is 6.64. The van der Waals surface area contributed by atoms with Crippen molar-refractivity contribution in [3.8, 4) is 11.5 Å². The third-order valence-corrected chi connectivity index (χ3v) is 6.63. The molecule has 2 aromatic rings. The van der Waals surface area contributed by atoms with Crippen LogP contribution in [0.15, 0.2) is 24.3 Å². The van der Waals surface area contributed by atoms with E-state index < -0.39 is 0 Å². The molecule has 26 heavy (non-hydrogen) atoms. The maximum Gasteiger partial charge on any atom is 0.121 e. The van der Waals surface area contributed by atoms with Crippen LogP contribution < -0.4 is 0 Å². The molecule has 0 spiro atoms. The first-order valence-electron chi connectivity index (χ1n) is 9.76. The maximum atomic E-state index is 10.2. The van der Waals surface area contributed by atoms with Crippen molar-refractivity contribution in [2.75, 3.05) is 0 Å². The zero-order chi connectivity index (χ0) is 19.2. The molecule has 2 N–H and O–H groups in total. The van der Waals surface area contributed by atoms with Gasteiger partial charge in [-0.3, -0.25) is 0 Å². The topological polar surface area (TPSA) is 40.5 Å². The Labute approximate surface area is 157 Å². The van der Waals surface area contributed by atoms with Crippen LogP contribution in [0.2, 0.25) is 0 Å². The predicted octanol–water partition coefficient (Wildman–Crippen LogP) is 6.19. The molecule has 2 nitrogen and oxygen atoms in total. The lowest BCUT2D eigenvalue weighted by atomic mass is 9.57. The second-order valence-electron chi connectivity index (χ2n) is 8.73. The van der Waals surface area contributed by atoms with Gasteiger partial charge in [0.15, 0.2) is 0 Å². The Bertz CT molecular complexity index is 790. The SMILES string of the molecule is Cc1cc(C2C(C)CCCC2(C)c2cc(C)c(O)c(C)c2)cc(C)c1O. The molecule has 0 amide bonds. The predicted molar refractivity (Wildman–Crippen MR) is 108 cm³/mol.